The Bertz CT molecular complexity index is 193. The van der Waals surface area contributed by atoms with Crippen LogP contribution in [0.5, 0.6) is 0 Å². The van der Waals surface area contributed by atoms with Gasteiger partial charge in [-0.25, -0.2) is 4.84 Å². The van der Waals surface area contributed by atoms with Crippen LogP contribution in [-0.2, 0) is 9.57 Å². The molecule has 0 amide bonds. The first-order valence-corrected chi connectivity index (χ1v) is 6.24. The smallest absolute Gasteiger partial charge is 0.131 e. The van der Waals surface area contributed by atoms with Crippen molar-refractivity contribution in [3.05, 3.63) is 0 Å². The van der Waals surface area contributed by atoms with Gasteiger partial charge in [0.25, 0.3) is 0 Å². The molecule has 1 saturated heterocycles. The monoisotopic (exact) mass is 293 g/mol. The van der Waals surface area contributed by atoms with E-state index in [-0.39, 0.29) is 17.0 Å². The number of rotatable bonds is 1. The molecule has 1 aliphatic heterocycles. The topological polar surface area (TPSA) is 22.9 Å². The molecule has 3 nitrogen and oxygen atoms in total. The Kier molecular flexibility index (Phi) is 5.71. The SMILES string of the molecule is CC1(C)CCC([NH+]2CCOCCO2)CC1.[Br-]. The minimum atomic E-state index is 0. The van der Waals surface area contributed by atoms with E-state index < -0.39 is 0 Å². The van der Waals surface area contributed by atoms with Crippen LogP contribution in [0, 0.1) is 5.41 Å². The molecule has 2 rings (SSSR count). The fourth-order valence-electron chi connectivity index (χ4n) is 2.62. The molecule has 0 radical (unpaired) electrons. The van der Waals surface area contributed by atoms with Gasteiger partial charge in [0.1, 0.15) is 19.2 Å². The van der Waals surface area contributed by atoms with Crippen molar-refractivity contribution in [3.63, 3.8) is 0 Å². The predicted octanol–water partition coefficient (Wildman–Crippen LogP) is -2.19. The minimum Gasteiger partial charge on any atom is -1.00 e. The lowest BCUT2D eigenvalue weighted by Crippen LogP contribution is -3.15. The van der Waals surface area contributed by atoms with E-state index in [0.717, 1.165) is 26.4 Å². The van der Waals surface area contributed by atoms with Crippen LogP contribution in [0.3, 0.4) is 0 Å². The zero-order chi connectivity index (χ0) is 10.7. The second-order valence-electron chi connectivity index (χ2n) is 5.62. The molecule has 1 saturated carbocycles. The summed E-state index contributed by atoms with van der Waals surface area (Å²) in [5.74, 6) is 0. The summed E-state index contributed by atoms with van der Waals surface area (Å²) >= 11 is 0. The summed E-state index contributed by atoms with van der Waals surface area (Å²) in [6.45, 7) is 8.16. The lowest BCUT2D eigenvalue weighted by Gasteiger charge is -2.35. The Morgan fingerprint density at radius 2 is 1.75 bits per heavy atom. The maximum absolute atomic E-state index is 5.80. The molecule has 1 unspecified atom stereocenters. The number of quaternary nitrogens is 1. The summed E-state index contributed by atoms with van der Waals surface area (Å²) in [6.07, 6.45) is 5.29. The first-order valence-electron chi connectivity index (χ1n) is 6.24. The van der Waals surface area contributed by atoms with Crippen molar-refractivity contribution in [3.8, 4) is 0 Å². The maximum atomic E-state index is 5.80. The van der Waals surface area contributed by atoms with Crippen molar-refractivity contribution in [1.82, 2.24) is 0 Å². The second kappa shape index (κ2) is 6.34. The predicted molar refractivity (Wildman–Crippen MR) is 58.6 cm³/mol. The average Bonchev–Trinajstić information content (AvgIpc) is 2.46. The van der Waals surface area contributed by atoms with Crippen molar-refractivity contribution in [2.75, 3.05) is 26.4 Å². The van der Waals surface area contributed by atoms with Crippen LogP contribution in [-0.4, -0.2) is 32.4 Å². The molecule has 0 aromatic heterocycles. The molecular weight excluding hydrogens is 270 g/mol. The van der Waals surface area contributed by atoms with E-state index in [1.165, 1.54) is 30.7 Å². The third kappa shape index (κ3) is 3.99. The van der Waals surface area contributed by atoms with Crippen LogP contribution < -0.4 is 22.0 Å². The normalized spacial score (nSPS) is 31.5. The van der Waals surface area contributed by atoms with Gasteiger partial charge in [0.15, 0.2) is 0 Å². The molecule has 4 heteroatoms. The molecule has 1 aliphatic carbocycles. The largest absolute Gasteiger partial charge is 1.00 e. The second-order valence-corrected chi connectivity index (χ2v) is 5.62. The number of nitrogens with one attached hydrogen (secondary N) is 1. The summed E-state index contributed by atoms with van der Waals surface area (Å²) < 4.78 is 5.41. The van der Waals surface area contributed by atoms with Gasteiger partial charge in [-0.3, -0.25) is 0 Å². The standard InChI is InChI=1S/C12H23NO2.BrH/c1-12(2)5-3-11(4-6-12)13-7-8-14-9-10-15-13;/h11H,3-10H2,1-2H3;1H. The highest BCUT2D eigenvalue weighted by Crippen LogP contribution is 2.34. The molecule has 0 aromatic carbocycles. The van der Waals surface area contributed by atoms with E-state index in [4.69, 9.17) is 9.57 Å². The number of hydrogen-bond donors (Lipinski definition) is 1. The van der Waals surface area contributed by atoms with E-state index in [1.807, 2.05) is 0 Å². The van der Waals surface area contributed by atoms with E-state index in [2.05, 4.69) is 13.8 Å². The number of ether oxygens (including phenoxy) is 1. The lowest BCUT2D eigenvalue weighted by molar-refractivity contribution is -1.11. The van der Waals surface area contributed by atoms with Crippen molar-refractivity contribution >= 4 is 0 Å². The number of halogens is 1. The zero-order valence-corrected chi connectivity index (χ0v) is 12.0. The third-order valence-electron chi connectivity index (χ3n) is 3.80. The molecule has 0 aromatic rings. The first-order chi connectivity index (χ1) is 7.17. The summed E-state index contributed by atoms with van der Waals surface area (Å²) in [5, 5.41) is 1.32. The van der Waals surface area contributed by atoms with Crippen molar-refractivity contribution < 1.29 is 31.6 Å². The third-order valence-corrected chi connectivity index (χ3v) is 3.80. The Balaban J connectivity index is 0.00000128. The summed E-state index contributed by atoms with van der Waals surface area (Å²) in [5.41, 5.74) is 0.554. The van der Waals surface area contributed by atoms with Crippen LogP contribution in [0.4, 0.5) is 0 Å². The van der Waals surface area contributed by atoms with E-state index in [9.17, 15) is 0 Å². The molecule has 1 atom stereocenters. The molecule has 2 aliphatic rings. The van der Waals surface area contributed by atoms with Gasteiger partial charge in [0.2, 0.25) is 0 Å². The van der Waals surface area contributed by atoms with Gasteiger partial charge in [0, 0.05) is 12.8 Å². The summed E-state index contributed by atoms with van der Waals surface area (Å²) in [7, 11) is 0. The van der Waals surface area contributed by atoms with Crippen LogP contribution in [0.25, 0.3) is 0 Å². The molecule has 16 heavy (non-hydrogen) atoms. The minimum absolute atomic E-state index is 0. The van der Waals surface area contributed by atoms with Crippen LogP contribution in [0.1, 0.15) is 39.5 Å². The number of hydrogen-bond acceptors (Lipinski definition) is 2. The quantitative estimate of drug-likeness (QED) is 0.593. The van der Waals surface area contributed by atoms with Gasteiger partial charge in [-0.2, -0.15) is 5.06 Å². The van der Waals surface area contributed by atoms with E-state index >= 15 is 0 Å². The van der Waals surface area contributed by atoms with Crippen molar-refractivity contribution in [1.29, 1.82) is 0 Å². The Morgan fingerprint density at radius 3 is 2.44 bits per heavy atom. The van der Waals surface area contributed by atoms with Gasteiger partial charge in [0.05, 0.1) is 13.2 Å². The van der Waals surface area contributed by atoms with Gasteiger partial charge in [-0.1, -0.05) is 13.8 Å². The van der Waals surface area contributed by atoms with Crippen LogP contribution in [0.2, 0.25) is 0 Å². The van der Waals surface area contributed by atoms with E-state index in [0.29, 0.717) is 11.5 Å². The molecule has 96 valence electrons. The maximum Gasteiger partial charge on any atom is 0.131 e. The number of hydroxylamine groups is 2. The van der Waals surface area contributed by atoms with E-state index in [1.54, 1.807) is 0 Å². The van der Waals surface area contributed by atoms with Gasteiger partial charge >= 0.3 is 0 Å². The highest BCUT2D eigenvalue weighted by Gasteiger charge is 2.33. The average molecular weight is 294 g/mol. The molecular formula is C12H24BrNO2. The first kappa shape index (κ1) is 14.4. The zero-order valence-electron chi connectivity index (χ0n) is 10.4. The molecule has 1 N–H and O–H groups in total. The Morgan fingerprint density at radius 1 is 1.06 bits per heavy atom. The molecule has 1 heterocycles. The van der Waals surface area contributed by atoms with Gasteiger partial charge in [-0.15, -0.1) is 0 Å². The van der Waals surface area contributed by atoms with Crippen molar-refractivity contribution in [2.45, 2.75) is 45.6 Å². The Labute approximate surface area is 109 Å². The van der Waals surface area contributed by atoms with Crippen molar-refractivity contribution in [2.24, 2.45) is 5.41 Å². The molecule has 0 spiro atoms. The van der Waals surface area contributed by atoms with Gasteiger partial charge < -0.3 is 21.7 Å². The van der Waals surface area contributed by atoms with Crippen LogP contribution >= 0.6 is 0 Å². The highest BCUT2D eigenvalue weighted by molar-refractivity contribution is 4.77. The summed E-state index contributed by atoms with van der Waals surface area (Å²) in [4.78, 5) is 5.80. The molecule has 0 bridgehead atoms. The Hall–Kier alpha value is 0.360. The summed E-state index contributed by atoms with van der Waals surface area (Å²) in [6, 6.07) is 0.708. The lowest BCUT2D eigenvalue weighted by atomic mass is 9.75. The fourth-order valence-corrected chi connectivity index (χ4v) is 2.62. The van der Waals surface area contributed by atoms with Gasteiger partial charge in [-0.05, 0) is 18.3 Å². The fraction of sp³-hybridized carbons (Fsp3) is 1.00. The molecule has 2 fully saturated rings. The highest BCUT2D eigenvalue weighted by atomic mass is 79.9. The van der Waals surface area contributed by atoms with Crippen LogP contribution in [0.15, 0.2) is 0 Å².